The van der Waals surface area contributed by atoms with Gasteiger partial charge < -0.3 is 0 Å². The van der Waals surface area contributed by atoms with E-state index in [-0.39, 0.29) is 0 Å². The monoisotopic (exact) mass is 200 g/mol. The Kier molecular flexibility index (Phi) is 4.29. The van der Waals surface area contributed by atoms with Gasteiger partial charge in [0.05, 0.1) is 5.69 Å². The molecule has 1 aromatic rings. The lowest BCUT2D eigenvalue weighted by Gasteiger charge is -2.07. The summed E-state index contributed by atoms with van der Waals surface area (Å²) in [6, 6.07) is 2.59. The van der Waals surface area contributed by atoms with Gasteiger partial charge in [-0.05, 0) is 32.3 Å². The normalized spacial score (nSPS) is 13.2. The molecule has 0 aliphatic carbocycles. The largest absolute Gasteiger partial charge is 0.270 e. The maximum absolute atomic E-state index is 5.61. The van der Waals surface area contributed by atoms with Gasteiger partial charge >= 0.3 is 0 Å². The topological polar surface area (TPSA) is 17.8 Å². The fraction of sp³-hybridized carbons (Fsp3) is 0.700. The molecular formula is C10H17ClN2. The summed E-state index contributed by atoms with van der Waals surface area (Å²) in [5.74, 6) is 0.718. The highest BCUT2D eigenvalue weighted by Gasteiger charge is 2.03. The number of rotatable bonds is 5. The quantitative estimate of drug-likeness (QED) is 0.669. The van der Waals surface area contributed by atoms with Gasteiger partial charge in [0, 0.05) is 18.1 Å². The summed E-state index contributed by atoms with van der Waals surface area (Å²) in [4.78, 5) is 0. The van der Waals surface area contributed by atoms with E-state index in [1.165, 1.54) is 0 Å². The van der Waals surface area contributed by atoms with Crippen LogP contribution in [0.25, 0.3) is 0 Å². The molecule has 0 amide bonds. The third kappa shape index (κ3) is 3.03. The smallest absolute Gasteiger partial charge is 0.0625 e. The van der Waals surface area contributed by atoms with Crippen LogP contribution in [0.3, 0.4) is 0 Å². The third-order valence-corrected chi connectivity index (χ3v) is 2.54. The first kappa shape index (κ1) is 10.6. The zero-order valence-corrected chi connectivity index (χ0v) is 9.09. The molecule has 1 unspecified atom stereocenters. The van der Waals surface area contributed by atoms with Crippen LogP contribution in [0.15, 0.2) is 12.3 Å². The van der Waals surface area contributed by atoms with Gasteiger partial charge in [-0.2, -0.15) is 5.10 Å². The molecule has 0 fully saturated rings. The van der Waals surface area contributed by atoms with Gasteiger partial charge in [0.1, 0.15) is 0 Å². The van der Waals surface area contributed by atoms with Gasteiger partial charge in [-0.1, -0.05) is 6.92 Å². The average molecular weight is 201 g/mol. The number of nitrogens with zero attached hydrogens (tertiary/aromatic N) is 2. The molecule has 1 atom stereocenters. The number of halogens is 1. The van der Waals surface area contributed by atoms with E-state index in [0.29, 0.717) is 6.04 Å². The van der Waals surface area contributed by atoms with Crippen LogP contribution in [0, 0.1) is 0 Å². The molecule has 0 aliphatic heterocycles. The van der Waals surface area contributed by atoms with Crippen molar-refractivity contribution >= 4 is 11.6 Å². The summed E-state index contributed by atoms with van der Waals surface area (Å²) in [6.45, 7) is 4.35. The Morgan fingerprint density at radius 2 is 2.38 bits per heavy atom. The SMILES string of the molecule is CCC(C)n1ccc(CCCCl)n1. The minimum Gasteiger partial charge on any atom is -0.270 e. The molecule has 0 aromatic carbocycles. The Bertz CT molecular complexity index is 245. The van der Waals surface area contributed by atoms with E-state index in [9.17, 15) is 0 Å². The van der Waals surface area contributed by atoms with E-state index in [0.717, 1.165) is 30.8 Å². The van der Waals surface area contributed by atoms with Crippen molar-refractivity contribution in [2.24, 2.45) is 0 Å². The summed E-state index contributed by atoms with van der Waals surface area (Å²) >= 11 is 5.61. The van der Waals surface area contributed by atoms with Crippen molar-refractivity contribution in [1.82, 2.24) is 9.78 Å². The van der Waals surface area contributed by atoms with Gasteiger partial charge in [0.25, 0.3) is 0 Å². The van der Waals surface area contributed by atoms with Gasteiger partial charge in [0.15, 0.2) is 0 Å². The van der Waals surface area contributed by atoms with Crippen LogP contribution in [0.2, 0.25) is 0 Å². The zero-order valence-electron chi connectivity index (χ0n) is 8.33. The maximum atomic E-state index is 5.61. The highest BCUT2D eigenvalue weighted by molar-refractivity contribution is 6.17. The Balaban J connectivity index is 2.53. The van der Waals surface area contributed by atoms with Crippen molar-refractivity contribution in [3.05, 3.63) is 18.0 Å². The number of hydrogen-bond donors (Lipinski definition) is 0. The Labute approximate surface area is 84.9 Å². The van der Waals surface area contributed by atoms with Crippen molar-refractivity contribution in [2.45, 2.75) is 39.2 Å². The Morgan fingerprint density at radius 1 is 1.62 bits per heavy atom. The first-order chi connectivity index (χ1) is 6.27. The fourth-order valence-electron chi connectivity index (χ4n) is 1.19. The molecule has 0 N–H and O–H groups in total. The predicted octanol–water partition coefficient (Wildman–Crippen LogP) is 3.03. The van der Waals surface area contributed by atoms with E-state index in [1.54, 1.807) is 0 Å². The van der Waals surface area contributed by atoms with Crippen LogP contribution >= 0.6 is 11.6 Å². The maximum Gasteiger partial charge on any atom is 0.0625 e. The number of hydrogen-bond acceptors (Lipinski definition) is 1. The van der Waals surface area contributed by atoms with E-state index < -0.39 is 0 Å². The third-order valence-electron chi connectivity index (χ3n) is 2.27. The molecule has 2 nitrogen and oxygen atoms in total. The summed E-state index contributed by atoms with van der Waals surface area (Å²) in [5, 5.41) is 4.48. The van der Waals surface area contributed by atoms with Gasteiger partial charge in [-0.3, -0.25) is 4.68 Å². The van der Waals surface area contributed by atoms with E-state index in [1.807, 2.05) is 4.68 Å². The average Bonchev–Trinajstić information content (AvgIpc) is 2.62. The second kappa shape index (κ2) is 5.28. The second-order valence-corrected chi connectivity index (χ2v) is 3.71. The Hall–Kier alpha value is -0.500. The van der Waals surface area contributed by atoms with Crippen LogP contribution < -0.4 is 0 Å². The van der Waals surface area contributed by atoms with Crippen molar-refractivity contribution < 1.29 is 0 Å². The predicted molar refractivity (Wildman–Crippen MR) is 56.3 cm³/mol. The van der Waals surface area contributed by atoms with Gasteiger partial charge in [0.2, 0.25) is 0 Å². The highest BCUT2D eigenvalue weighted by atomic mass is 35.5. The zero-order chi connectivity index (χ0) is 9.68. The summed E-state index contributed by atoms with van der Waals surface area (Å²) in [6.07, 6.45) is 5.18. The van der Waals surface area contributed by atoms with E-state index in [2.05, 4.69) is 31.2 Å². The van der Waals surface area contributed by atoms with Crippen molar-refractivity contribution in [3.8, 4) is 0 Å². The lowest BCUT2D eigenvalue weighted by molar-refractivity contribution is 0.473. The summed E-state index contributed by atoms with van der Waals surface area (Å²) in [5.41, 5.74) is 1.15. The van der Waals surface area contributed by atoms with Crippen LogP contribution in [0.5, 0.6) is 0 Å². The lowest BCUT2D eigenvalue weighted by atomic mass is 10.3. The minimum atomic E-state index is 0.504. The summed E-state index contributed by atoms with van der Waals surface area (Å²) in [7, 11) is 0. The van der Waals surface area contributed by atoms with E-state index in [4.69, 9.17) is 11.6 Å². The number of alkyl halides is 1. The molecule has 0 aliphatic rings. The summed E-state index contributed by atoms with van der Waals surface area (Å²) < 4.78 is 2.03. The molecule has 1 rings (SSSR count). The minimum absolute atomic E-state index is 0.504. The van der Waals surface area contributed by atoms with Crippen molar-refractivity contribution in [1.29, 1.82) is 0 Å². The number of aryl methyl sites for hydroxylation is 1. The molecule has 13 heavy (non-hydrogen) atoms. The molecule has 0 saturated carbocycles. The fourth-order valence-corrected chi connectivity index (χ4v) is 1.32. The van der Waals surface area contributed by atoms with Gasteiger partial charge in [-0.15, -0.1) is 11.6 Å². The molecule has 1 heterocycles. The molecule has 0 saturated heterocycles. The second-order valence-electron chi connectivity index (χ2n) is 3.34. The highest BCUT2D eigenvalue weighted by Crippen LogP contribution is 2.10. The molecule has 1 aromatic heterocycles. The first-order valence-electron chi connectivity index (χ1n) is 4.88. The van der Waals surface area contributed by atoms with E-state index >= 15 is 0 Å². The molecule has 0 bridgehead atoms. The van der Waals surface area contributed by atoms with Crippen LogP contribution in [0.1, 0.15) is 38.4 Å². The molecule has 0 radical (unpaired) electrons. The molecule has 3 heteroatoms. The number of aromatic nitrogens is 2. The standard InChI is InChI=1S/C10H17ClN2/c1-3-9(2)13-8-6-10(12-13)5-4-7-11/h6,8-9H,3-5,7H2,1-2H3. The van der Waals surface area contributed by atoms with Gasteiger partial charge in [-0.25, -0.2) is 0 Å². The Morgan fingerprint density at radius 3 is 3.00 bits per heavy atom. The van der Waals surface area contributed by atoms with Crippen molar-refractivity contribution in [3.63, 3.8) is 0 Å². The first-order valence-corrected chi connectivity index (χ1v) is 5.41. The lowest BCUT2D eigenvalue weighted by Crippen LogP contribution is -2.04. The molecule has 0 spiro atoms. The van der Waals surface area contributed by atoms with Crippen LogP contribution in [-0.2, 0) is 6.42 Å². The van der Waals surface area contributed by atoms with Crippen LogP contribution in [0.4, 0.5) is 0 Å². The molecular weight excluding hydrogens is 184 g/mol. The molecule has 74 valence electrons. The van der Waals surface area contributed by atoms with Crippen LogP contribution in [-0.4, -0.2) is 15.7 Å². The van der Waals surface area contributed by atoms with Crippen molar-refractivity contribution in [2.75, 3.05) is 5.88 Å².